The zero-order valence-corrected chi connectivity index (χ0v) is 12.2. The molecule has 0 saturated carbocycles. The number of piperidine rings is 1. The summed E-state index contributed by atoms with van der Waals surface area (Å²) in [6.07, 6.45) is 3.19. The summed E-state index contributed by atoms with van der Waals surface area (Å²) in [5.41, 5.74) is 1.38. The lowest BCUT2D eigenvalue weighted by atomic mass is 9.90. The predicted molar refractivity (Wildman–Crippen MR) is 79.9 cm³/mol. The Bertz CT molecular complexity index is 600. The van der Waals surface area contributed by atoms with Crippen LogP contribution in [0, 0.1) is 12.8 Å². The molecule has 0 aliphatic carbocycles. The lowest BCUT2D eigenvalue weighted by Crippen LogP contribution is -2.39. The van der Waals surface area contributed by atoms with Gasteiger partial charge in [-0.25, -0.2) is 4.98 Å². The van der Waals surface area contributed by atoms with E-state index in [0.717, 1.165) is 32.4 Å². The summed E-state index contributed by atoms with van der Waals surface area (Å²) >= 11 is 0. The highest BCUT2D eigenvalue weighted by atomic mass is 16.2. The van der Waals surface area contributed by atoms with Gasteiger partial charge in [0.25, 0.3) is 5.91 Å². The number of benzene rings is 1. The highest BCUT2D eigenvalue weighted by molar-refractivity contribution is 5.90. The van der Waals surface area contributed by atoms with Gasteiger partial charge in [0.15, 0.2) is 0 Å². The van der Waals surface area contributed by atoms with Crippen LogP contribution in [0.25, 0.3) is 0 Å². The number of aromatic nitrogens is 3. The summed E-state index contributed by atoms with van der Waals surface area (Å²) in [5.74, 6) is 1.56. The molecular weight excluding hydrogens is 264 g/mol. The van der Waals surface area contributed by atoms with Crippen molar-refractivity contribution in [1.29, 1.82) is 0 Å². The smallest absolute Gasteiger partial charge is 0.293 e. The van der Waals surface area contributed by atoms with Crippen molar-refractivity contribution in [2.45, 2.75) is 26.2 Å². The largest absolute Gasteiger partial charge is 0.336 e. The number of hydrogen-bond donors (Lipinski definition) is 1. The molecule has 2 aromatic rings. The zero-order chi connectivity index (χ0) is 14.7. The molecule has 1 amide bonds. The Morgan fingerprint density at radius 3 is 2.62 bits per heavy atom. The monoisotopic (exact) mass is 284 g/mol. The van der Waals surface area contributed by atoms with Crippen LogP contribution >= 0.6 is 0 Å². The summed E-state index contributed by atoms with van der Waals surface area (Å²) < 4.78 is 0. The number of aromatic amines is 1. The maximum Gasteiger partial charge on any atom is 0.293 e. The molecule has 5 nitrogen and oxygen atoms in total. The number of rotatable bonds is 3. The third-order valence-electron chi connectivity index (χ3n) is 4.06. The van der Waals surface area contributed by atoms with E-state index >= 15 is 0 Å². The molecule has 0 bridgehead atoms. The molecule has 0 spiro atoms. The molecule has 2 heterocycles. The Labute approximate surface area is 124 Å². The van der Waals surface area contributed by atoms with Crippen molar-refractivity contribution in [3.05, 3.63) is 47.5 Å². The van der Waals surface area contributed by atoms with Gasteiger partial charge in [-0.05, 0) is 37.7 Å². The standard InChI is InChI=1S/C16H20N4O/c1-12-17-15(19-18-12)16(21)20-9-7-14(8-10-20)11-13-5-3-2-4-6-13/h2-6,14H,7-11H2,1H3,(H,17,18,19). The third-order valence-corrected chi connectivity index (χ3v) is 4.06. The quantitative estimate of drug-likeness (QED) is 0.940. The Hall–Kier alpha value is -2.17. The molecule has 1 aliphatic heterocycles. The van der Waals surface area contributed by atoms with Crippen molar-refractivity contribution in [1.82, 2.24) is 20.1 Å². The molecule has 1 N–H and O–H groups in total. The molecule has 3 rings (SSSR count). The van der Waals surface area contributed by atoms with Gasteiger partial charge in [-0.1, -0.05) is 30.3 Å². The Balaban J connectivity index is 1.54. The topological polar surface area (TPSA) is 61.9 Å². The second-order valence-corrected chi connectivity index (χ2v) is 5.67. The first kappa shape index (κ1) is 13.8. The van der Waals surface area contributed by atoms with E-state index in [-0.39, 0.29) is 11.7 Å². The minimum atomic E-state index is -0.0579. The van der Waals surface area contributed by atoms with Crippen molar-refractivity contribution in [2.75, 3.05) is 13.1 Å². The van der Waals surface area contributed by atoms with Crippen LogP contribution in [0.4, 0.5) is 0 Å². The van der Waals surface area contributed by atoms with E-state index in [0.29, 0.717) is 11.7 Å². The van der Waals surface area contributed by atoms with E-state index < -0.39 is 0 Å². The van der Waals surface area contributed by atoms with Crippen molar-refractivity contribution in [2.24, 2.45) is 5.92 Å². The van der Waals surface area contributed by atoms with Crippen LogP contribution in [0.3, 0.4) is 0 Å². The fourth-order valence-electron chi connectivity index (χ4n) is 2.87. The summed E-state index contributed by atoms with van der Waals surface area (Å²) in [6.45, 7) is 3.39. The van der Waals surface area contributed by atoms with Gasteiger partial charge in [0.1, 0.15) is 5.82 Å². The zero-order valence-electron chi connectivity index (χ0n) is 12.2. The Morgan fingerprint density at radius 1 is 1.29 bits per heavy atom. The molecule has 0 unspecified atom stereocenters. The second kappa shape index (κ2) is 6.08. The van der Waals surface area contributed by atoms with Gasteiger partial charge in [-0.2, -0.15) is 0 Å². The van der Waals surface area contributed by atoms with Crippen molar-refractivity contribution in [3.63, 3.8) is 0 Å². The van der Waals surface area contributed by atoms with Crippen LogP contribution in [0.1, 0.15) is 34.8 Å². The van der Waals surface area contributed by atoms with Gasteiger partial charge in [0.2, 0.25) is 5.82 Å². The van der Waals surface area contributed by atoms with E-state index in [1.165, 1.54) is 5.56 Å². The molecular formula is C16H20N4O. The number of nitrogens with zero attached hydrogens (tertiary/aromatic N) is 3. The number of likely N-dealkylation sites (tertiary alicyclic amines) is 1. The number of hydrogen-bond acceptors (Lipinski definition) is 3. The maximum atomic E-state index is 12.3. The molecule has 5 heteroatoms. The van der Waals surface area contributed by atoms with E-state index in [4.69, 9.17) is 0 Å². The molecule has 1 aromatic heterocycles. The fourth-order valence-corrected chi connectivity index (χ4v) is 2.87. The second-order valence-electron chi connectivity index (χ2n) is 5.67. The minimum Gasteiger partial charge on any atom is -0.336 e. The molecule has 1 fully saturated rings. The number of nitrogens with one attached hydrogen (secondary N) is 1. The van der Waals surface area contributed by atoms with Gasteiger partial charge in [0, 0.05) is 13.1 Å². The van der Waals surface area contributed by atoms with E-state index in [1.807, 2.05) is 11.0 Å². The minimum absolute atomic E-state index is 0.0579. The lowest BCUT2D eigenvalue weighted by Gasteiger charge is -2.31. The van der Waals surface area contributed by atoms with E-state index in [2.05, 4.69) is 39.4 Å². The summed E-state index contributed by atoms with van der Waals surface area (Å²) in [4.78, 5) is 18.2. The van der Waals surface area contributed by atoms with Crippen LogP contribution < -0.4 is 0 Å². The van der Waals surface area contributed by atoms with Crippen molar-refractivity contribution < 1.29 is 4.79 Å². The number of aryl methyl sites for hydroxylation is 1. The average Bonchev–Trinajstić information content (AvgIpc) is 2.95. The van der Waals surface area contributed by atoms with Gasteiger partial charge in [0.05, 0.1) is 0 Å². The first-order valence-electron chi connectivity index (χ1n) is 7.44. The van der Waals surface area contributed by atoms with Crippen LogP contribution in [0.5, 0.6) is 0 Å². The summed E-state index contributed by atoms with van der Waals surface area (Å²) in [5, 5.41) is 6.67. The number of amides is 1. The number of carbonyl (C=O) groups excluding carboxylic acids is 1. The first-order chi connectivity index (χ1) is 10.2. The molecule has 21 heavy (non-hydrogen) atoms. The molecule has 1 aromatic carbocycles. The average molecular weight is 284 g/mol. The number of carbonyl (C=O) groups is 1. The SMILES string of the molecule is Cc1nc(C(=O)N2CCC(Cc3ccccc3)CC2)n[nH]1. The van der Waals surface area contributed by atoms with E-state index in [1.54, 1.807) is 6.92 Å². The maximum absolute atomic E-state index is 12.3. The van der Waals surface area contributed by atoms with Crippen LogP contribution in [-0.4, -0.2) is 39.1 Å². The summed E-state index contributed by atoms with van der Waals surface area (Å²) in [7, 11) is 0. The van der Waals surface area contributed by atoms with E-state index in [9.17, 15) is 4.79 Å². The van der Waals surface area contributed by atoms with Gasteiger partial charge >= 0.3 is 0 Å². The van der Waals surface area contributed by atoms with Crippen LogP contribution in [0.15, 0.2) is 30.3 Å². The number of H-pyrrole nitrogens is 1. The van der Waals surface area contributed by atoms with Crippen LogP contribution in [-0.2, 0) is 6.42 Å². The normalized spacial score (nSPS) is 16.1. The lowest BCUT2D eigenvalue weighted by molar-refractivity contribution is 0.0678. The first-order valence-corrected chi connectivity index (χ1v) is 7.44. The molecule has 0 radical (unpaired) electrons. The summed E-state index contributed by atoms with van der Waals surface area (Å²) in [6, 6.07) is 10.6. The fraction of sp³-hybridized carbons (Fsp3) is 0.438. The van der Waals surface area contributed by atoms with Gasteiger partial charge in [-0.15, -0.1) is 5.10 Å². The van der Waals surface area contributed by atoms with Crippen molar-refractivity contribution in [3.8, 4) is 0 Å². The van der Waals surface area contributed by atoms with Crippen LogP contribution in [0.2, 0.25) is 0 Å². The van der Waals surface area contributed by atoms with Crippen molar-refractivity contribution >= 4 is 5.91 Å². The van der Waals surface area contributed by atoms with Gasteiger partial charge < -0.3 is 4.90 Å². The highest BCUT2D eigenvalue weighted by Crippen LogP contribution is 2.22. The van der Waals surface area contributed by atoms with Gasteiger partial charge in [-0.3, -0.25) is 9.89 Å². The Morgan fingerprint density at radius 2 is 2.00 bits per heavy atom. The molecule has 1 aliphatic rings. The Kier molecular flexibility index (Phi) is 3.99. The molecule has 1 saturated heterocycles. The third kappa shape index (κ3) is 3.29. The predicted octanol–water partition coefficient (Wildman–Crippen LogP) is 2.21. The molecule has 0 atom stereocenters. The highest BCUT2D eigenvalue weighted by Gasteiger charge is 2.25. The molecule has 110 valence electrons.